The molecule has 0 amide bonds. The van der Waals surface area contributed by atoms with Crippen molar-refractivity contribution >= 4 is 12.6 Å². The number of benzene rings is 1. The molecule has 0 bridgehead atoms. The fourth-order valence-electron chi connectivity index (χ4n) is 1.87. The van der Waals surface area contributed by atoms with Gasteiger partial charge in [-0.15, -0.1) is 0 Å². The van der Waals surface area contributed by atoms with Gasteiger partial charge in [-0.25, -0.2) is 0 Å². The van der Waals surface area contributed by atoms with Crippen LogP contribution >= 0.6 is 0 Å². The lowest BCUT2D eigenvalue weighted by Gasteiger charge is -2.21. The van der Waals surface area contributed by atoms with E-state index in [1.807, 2.05) is 0 Å². The molecule has 1 aliphatic rings. The molecule has 92 valence electrons. The average molecular weight is 247 g/mol. The van der Waals surface area contributed by atoms with E-state index in [1.54, 1.807) is 18.2 Å². The van der Waals surface area contributed by atoms with Crippen molar-refractivity contribution in [3.8, 4) is 22.8 Å². The van der Waals surface area contributed by atoms with Crippen LogP contribution in [0.1, 0.15) is 0 Å². The summed E-state index contributed by atoms with van der Waals surface area (Å²) >= 11 is 0. The summed E-state index contributed by atoms with van der Waals surface area (Å²) in [5.41, 5.74) is 1.49. The summed E-state index contributed by atoms with van der Waals surface area (Å²) < 4.78 is 15.8. The van der Waals surface area contributed by atoms with Gasteiger partial charge in [0.2, 0.25) is 0 Å². The summed E-state index contributed by atoms with van der Waals surface area (Å²) in [7, 11) is -1.58. The first-order chi connectivity index (χ1) is 8.75. The fourth-order valence-corrected chi connectivity index (χ4v) is 1.87. The first-order valence-electron chi connectivity index (χ1n) is 5.46. The van der Waals surface area contributed by atoms with Crippen molar-refractivity contribution in [3.05, 3.63) is 24.5 Å². The Bertz CT molecular complexity index is 555. The van der Waals surface area contributed by atoms with Gasteiger partial charge in [0.15, 0.2) is 11.5 Å². The molecule has 0 saturated carbocycles. The highest BCUT2D eigenvalue weighted by Gasteiger charge is 2.23. The van der Waals surface area contributed by atoms with Crippen LogP contribution in [0.15, 0.2) is 29.0 Å². The van der Waals surface area contributed by atoms with E-state index in [1.165, 1.54) is 6.26 Å². The maximum absolute atomic E-state index is 9.26. The van der Waals surface area contributed by atoms with Crippen LogP contribution in [0.2, 0.25) is 0 Å². The Morgan fingerprint density at radius 2 is 2.00 bits per heavy atom. The SMILES string of the molecule is OB(O)c1cc2c(c(-c3ccon3)c1)OCCO2. The van der Waals surface area contributed by atoms with Crippen molar-refractivity contribution in [3.63, 3.8) is 0 Å². The monoisotopic (exact) mass is 247 g/mol. The van der Waals surface area contributed by atoms with Crippen molar-refractivity contribution in [2.75, 3.05) is 13.2 Å². The lowest BCUT2D eigenvalue weighted by atomic mass is 9.79. The highest BCUT2D eigenvalue weighted by atomic mass is 16.6. The van der Waals surface area contributed by atoms with E-state index >= 15 is 0 Å². The van der Waals surface area contributed by atoms with Crippen LogP contribution in [0.3, 0.4) is 0 Å². The number of fused-ring (bicyclic) bond motifs is 1. The van der Waals surface area contributed by atoms with Gasteiger partial charge >= 0.3 is 7.12 Å². The summed E-state index contributed by atoms with van der Waals surface area (Å²) in [6.07, 6.45) is 1.44. The van der Waals surface area contributed by atoms with Gasteiger partial charge in [0, 0.05) is 11.6 Å². The molecule has 3 rings (SSSR count). The standard InChI is InChI=1S/C11H10BNO5/c14-12(15)7-5-8(9-1-2-18-13-9)11-10(6-7)16-3-4-17-11/h1-2,5-6,14-15H,3-4H2. The molecule has 2 heterocycles. The van der Waals surface area contributed by atoms with Crippen LogP contribution in [0, 0.1) is 0 Å². The second kappa shape index (κ2) is 4.36. The maximum Gasteiger partial charge on any atom is 0.488 e. The van der Waals surface area contributed by atoms with E-state index in [9.17, 15) is 10.0 Å². The molecule has 0 spiro atoms. The van der Waals surface area contributed by atoms with Crippen molar-refractivity contribution in [2.45, 2.75) is 0 Å². The molecule has 0 unspecified atom stereocenters. The minimum Gasteiger partial charge on any atom is -0.486 e. The normalized spacial score (nSPS) is 13.4. The minimum atomic E-state index is -1.58. The topological polar surface area (TPSA) is 85.0 Å². The summed E-state index contributed by atoms with van der Waals surface area (Å²) in [5, 5.41) is 22.3. The van der Waals surface area contributed by atoms with Gasteiger partial charge in [0.05, 0.1) is 0 Å². The van der Waals surface area contributed by atoms with E-state index in [-0.39, 0.29) is 0 Å². The van der Waals surface area contributed by atoms with Crippen molar-refractivity contribution in [1.29, 1.82) is 0 Å². The Hall–Kier alpha value is -1.99. The molecule has 0 saturated heterocycles. The predicted molar refractivity (Wildman–Crippen MR) is 62.8 cm³/mol. The molecular formula is C11H10BNO5. The van der Waals surface area contributed by atoms with Gasteiger partial charge < -0.3 is 24.0 Å². The van der Waals surface area contributed by atoms with Gasteiger partial charge in [-0.3, -0.25) is 0 Å². The first-order valence-corrected chi connectivity index (χ1v) is 5.46. The lowest BCUT2D eigenvalue weighted by Crippen LogP contribution is -2.31. The second-order valence-corrected chi connectivity index (χ2v) is 3.85. The molecular weight excluding hydrogens is 237 g/mol. The van der Waals surface area contributed by atoms with Gasteiger partial charge in [0.1, 0.15) is 25.2 Å². The zero-order valence-electron chi connectivity index (χ0n) is 9.37. The van der Waals surface area contributed by atoms with Gasteiger partial charge in [-0.1, -0.05) is 5.16 Å². The van der Waals surface area contributed by atoms with Crippen LogP contribution in [-0.2, 0) is 0 Å². The number of nitrogens with zero attached hydrogens (tertiary/aromatic N) is 1. The molecule has 2 aromatic rings. The number of ether oxygens (including phenoxy) is 2. The molecule has 2 N–H and O–H groups in total. The zero-order chi connectivity index (χ0) is 12.5. The fraction of sp³-hybridized carbons (Fsp3) is 0.182. The van der Waals surface area contributed by atoms with Crippen molar-refractivity contribution in [1.82, 2.24) is 5.16 Å². The molecule has 0 fully saturated rings. The van der Waals surface area contributed by atoms with E-state index in [4.69, 9.17) is 14.0 Å². The van der Waals surface area contributed by atoms with Crippen LogP contribution in [-0.4, -0.2) is 35.5 Å². The van der Waals surface area contributed by atoms with Crippen molar-refractivity contribution < 1.29 is 24.0 Å². The summed E-state index contributed by atoms with van der Waals surface area (Å²) in [6, 6.07) is 4.81. The summed E-state index contributed by atoms with van der Waals surface area (Å²) in [4.78, 5) is 0. The van der Waals surface area contributed by atoms with E-state index in [2.05, 4.69) is 5.16 Å². The molecule has 18 heavy (non-hydrogen) atoms. The molecule has 1 aromatic heterocycles. The van der Waals surface area contributed by atoms with Crippen molar-refractivity contribution in [2.24, 2.45) is 0 Å². The summed E-state index contributed by atoms with van der Waals surface area (Å²) in [5.74, 6) is 1.02. The Kier molecular flexibility index (Phi) is 2.69. The molecule has 1 aliphatic heterocycles. The number of hydrogen-bond donors (Lipinski definition) is 2. The third kappa shape index (κ3) is 1.83. The smallest absolute Gasteiger partial charge is 0.486 e. The third-order valence-electron chi connectivity index (χ3n) is 2.68. The Morgan fingerprint density at radius 1 is 1.17 bits per heavy atom. The van der Waals surface area contributed by atoms with E-state index < -0.39 is 7.12 Å². The first kappa shape index (κ1) is 11.1. The van der Waals surface area contributed by atoms with Gasteiger partial charge in [-0.2, -0.15) is 0 Å². The second-order valence-electron chi connectivity index (χ2n) is 3.85. The van der Waals surface area contributed by atoms with Crippen LogP contribution < -0.4 is 14.9 Å². The molecule has 0 aliphatic carbocycles. The molecule has 6 nitrogen and oxygen atoms in total. The predicted octanol–water partition coefficient (Wildman–Crippen LogP) is -0.207. The quantitative estimate of drug-likeness (QED) is 0.714. The average Bonchev–Trinajstić information content (AvgIpc) is 2.91. The molecule has 1 aromatic carbocycles. The van der Waals surface area contributed by atoms with E-state index in [0.717, 1.165) is 0 Å². The zero-order valence-corrected chi connectivity index (χ0v) is 9.37. The minimum absolute atomic E-state index is 0.317. The lowest BCUT2D eigenvalue weighted by molar-refractivity contribution is 0.172. The van der Waals surface area contributed by atoms with Crippen LogP contribution in [0.25, 0.3) is 11.3 Å². The number of hydrogen-bond acceptors (Lipinski definition) is 6. The largest absolute Gasteiger partial charge is 0.488 e. The van der Waals surface area contributed by atoms with Gasteiger partial charge in [0.25, 0.3) is 0 Å². The third-order valence-corrected chi connectivity index (χ3v) is 2.68. The number of aromatic nitrogens is 1. The molecule has 0 atom stereocenters. The highest BCUT2D eigenvalue weighted by molar-refractivity contribution is 6.58. The highest BCUT2D eigenvalue weighted by Crippen LogP contribution is 2.38. The Labute approximate surface area is 103 Å². The Balaban J connectivity index is 2.18. The molecule has 0 radical (unpaired) electrons. The van der Waals surface area contributed by atoms with Gasteiger partial charge in [-0.05, 0) is 17.6 Å². The summed E-state index contributed by atoms with van der Waals surface area (Å²) in [6.45, 7) is 0.870. The van der Waals surface area contributed by atoms with Crippen LogP contribution in [0.4, 0.5) is 0 Å². The maximum atomic E-state index is 9.26. The van der Waals surface area contributed by atoms with Crippen LogP contribution in [0.5, 0.6) is 11.5 Å². The van der Waals surface area contributed by atoms with E-state index in [0.29, 0.717) is 41.4 Å². The molecule has 7 heteroatoms. The number of rotatable bonds is 2. The Morgan fingerprint density at radius 3 is 2.72 bits per heavy atom.